The van der Waals surface area contributed by atoms with Crippen LogP contribution in [0.1, 0.15) is 123 Å². The summed E-state index contributed by atoms with van der Waals surface area (Å²) in [6.07, 6.45) is 4.89. The van der Waals surface area contributed by atoms with Crippen LogP contribution in [0.3, 0.4) is 0 Å². The maximum absolute atomic E-state index is 2.99. The van der Waals surface area contributed by atoms with E-state index in [0.717, 1.165) is 0 Å². The highest BCUT2D eigenvalue weighted by atomic mass is 32.1. The van der Waals surface area contributed by atoms with Crippen molar-refractivity contribution in [1.29, 1.82) is 0 Å². The molecule has 65 heavy (non-hydrogen) atoms. The van der Waals surface area contributed by atoms with E-state index in [0.29, 0.717) is 0 Å². The maximum atomic E-state index is 2.99. The van der Waals surface area contributed by atoms with Crippen LogP contribution < -0.4 is 20.6 Å². The van der Waals surface area contributed by atoms with Crippen molar-refractivity contribution >= 4 is 72.0 Å². The molecule has 5 aliphatic rings. The zero-order chi connectivity index (χ0) is 44.7. The molecule has 0 amide bonds. The Morgan fingerprint density at radius 3 is 2.05 bits per heavy atom. The lowest BCUT2D eigenvalue weighted by Gasteiger charge is -2.54. The van der Waals surface area contributed by atoms with Crippen molar-refractivity contribution in [1.82, 2.24) is 0 Å². The Kier molecular flexibility index (Phi) is 7.86. The Hall–Kier alpha value is -5.58. The molecule has 2 nitrogen and oxygen atoms in total. The largest absolute Gasteiger partial charge is 0.376 e. The summed E-state index contributed by atoms with van der Waals surface area (Å²) in [6.45, 7) is 24.6. The Balaban J connectivity index is 1.25. The highest BCUT2D eigenvalue weighted by molar-refractivity contribution is 7.25. The molecule has 0 spiro atoms. The first-order valence-corrected chi connectivity index (χ1v) is 25.1. The van der Waals surface area contributed by atoms with Crippen molar-refractivity contribution in [2.24, 2.45) is 0 Å². The highest BCUT2D eigenvalue weighted by Crippen LogP contribution is 2.66. The quantitative estimate of drug-likeness (QED) is 0.160. The molecule has 2 atom stereocenters. The first-order chi connectivity index (χ1) is 31.0. The minimum atomic E-state index is -0.196. The van der Waals surface area contributed by atoms with Crippen LogP contribution in [-0.4, -0.2) is 12.4 Å². The van der Waals surface area contributed by atoms with Crippen LogP contribution in [0.15, 0.2) is 127 Å². The molecule has 2 unspecified atom stereocenters. The molecule has 0 radical (unpaired) electrons. The third-order valence-electron chi connectivity index (χ3n) is 17.3. The molecule has 2 aliphatic carbocycles. The van der Waals surface area contributed by atoms with Gasteiger partial charge in [-0.15, -0.1) is 11.3 Å². The molecular weight excluding hydrogens is 804 g/mol. The Morgan fingerprint density at radius 2 is 1.26 bits per heavy atom. The van der Waals surface area contributed by atoms with Gasteiger partial charge < -0.3 is 9.71 Å². The summed E-state index contributed by atoms with van der Waals surface area (Å²) in [5.41, 5.74) is 23.5. The number of nitrogens with zero attached hydrogens (tertiary/aromatic N) is 2. The number of anilines is 4. The minimum absolute atomic E-state index is 0.0150. The van der Waals surface area contributed by atoms with Crippen molar-refractivity contribution in [2.75, 3.05) is 9.71 Å². The van der Waals surface area contributed by atoms with E-state index in [9.17, 15) is 0 Å². The van der Waals surface area contributed by atoms with Gasteiger partial charge in [0.25, 0.3) is 0 Å². The van der Waals surface area contributed by atoms with Crippen LogP contribution in [0.5, 0.6) is 0 Å². The molecule has 13 rings (SSSR count). The number of thiophene rings is 1. The second-order valence-electron chi connectivity index (χ2n) is 23.2. The number of rotatable bonds is 2. The topological polar surface area (TPSA) is 6.48 Å². The average molecular weight is 863 g/mol. The predicted octanol–water partition coefficient (Wildman–Crippen LogP) is 15.6. The number of hydrogen-bond donors (Lipinski definition) is 0. The second-order valence-corrected chi connectivity index (χ2v) is 24.3. The van der Waals surface area contributed by atoms with Gasteiger partial charge in [0.15, 0.2) is 0 Å². The van der Waals surface area contributed by atoms with Crippen molar-refractivity contribution in [3.8, 4) is 33.4 Å². The van der Waals surface area contributed by atoms with Gasteiger partial charge in [0.05, 0.1) is 5.54 Å². The highest BCUT2D eigenvalue weighted by Gasteiger charge is 2.63. The lowest BCUT2D eigenvalue weighted by molar-refractivity contribution is 0.194. The van der Waals surface area contributed by atoms with Crippen molar-refractivity contribution in [3.05, 3.63) is 155 Å². The Morgan fingerprint density at radius 1 is 0.538 bits per heavy atom. The zero-order valence-electron chi connectivity index (χ0n) is 39.8. The summed E-state index contributed by atoms with van der Waals surface area (Å²) in [6, 6.07) is 50.2. The summed E-state index contributed by atoms with van der Waals surface area (Å²) in [4.78, 5) is 5.84. The summed E-state index contributed by atoms with van der Waals surface area (Å²) < 4.78 is 2.70. The molecule has 1 saturated carbocycles. The predicted molar refractivity (Wildman–Crippen MR) is 282 cm³/mol. The lowest BCUT2D eigenvalue weighted by Crippen LogP contribution is -2.65. The fourth-order valence-corrected chi connectivity index (χ4v) is 14.7. The third kappa shape index (κ3) is 5.08. The van der Waals surface area contributed by atoms with E-state index in [2.05, 4.69) is 206 Å². The molecule has 0 bridgehead atoms. The zero-order valence-corrected chi connectivity index (χ0v) is 40.6. The average Bonchev–Trinajstić information content (AvgIpc) is 3.84. The monoisotopic (exact) mass is 862 g/mol. The third-order valence-corrected chi connectivity index (χ3v) is 18.4. The van der Waals surface area contributed by atoms with Gasteiger partial charge in [-0.1, -0.05) is 166 Å². The van der Waals surface area contributed by atoms with Crippen molar-refractivity contribution in [3.63, 3.8) is 0 Å². The Labute approximate surface area is 390 Å². The van der Waals surface area contributed by atoms with E-state index in [1.165, 1.54) is 135 Å². The van der Waals surface area contributed by atoms with E-state index in [4.69, 9.17) is 0 Å². The van der Waals surface area contributed by atoms with E-state index in [1.807, 2.05) is 11.3 Å². The SMILES string of the molecule is CC(C)(C)c1ccc(N2B3c4cc(C(C)(C)C)cc5c4N(c4c3c(cc3c4C(C)(C)c4ccccc4-3)-c3cc4sc6ccccc6c4cc32)C2(C)CCCCC52C)c(-c2ccccc2)c1. The molecule has 0 saturated heterocycles. The maximum Gasteiger partial charge on any atom is 0.333 e. The molecule has 4 heteroatoms. The van der Waals surface area contributed by atoms with Gasteiger partial charge in [0, 0.05) is 64.9 Å². The molecule has 7 aromatic carbocycles. The summed E-state index contributed by atoms with van der Waals surface area (Å²) in [5, 5.41) is 2.68. The van der Waals surface area contributed by atoms with Gasteiger partial charge in [0.2, 0.25) is 0 Å². The molecule has 0 N–H and O–H groups in total. The number of benzene rings is 7. The van der Waals surface area contributed by atoms with Crippen LogP contribution >= 0.6 is 11.3 Å². The summed E-state index contributed by atoms with van der Waals surface area (Å²) in [5.74, 6) is 0. The number of fused-ring (bicyclic) bond motifs is 14. The molecule has 3 aliphatic heterocycles. The fraction of sp³-hybridized carbons (Fsp3) is 0.311. The lowest BCUT2D eigenvalue weighted by atomic mass is 9.42. The van der Waals surface area contributed by atoms with E-state index in [1.54, 1.807) is 5.56 Å². The molecule has 322 valence electrons. The standard InChI is InChI=1S/C61H59BN2S/c1-57(2,3)37-26-27-49(41(30-37)36-20-12-11-13-21-36)64-50-34-43-40-23-15-17-25-51(40)65-52(43)35-42(50)45-33-44-39-22-14-16-24-46(39)59(7,8)53(44)56-54(45)62(64)48-32-38(58(4,5)6)31-47-55(48)63(56)61(10)29-19-18-28-60(47,61)9/h11-17,20-27,30-35H,18-19,28-29H2,1-10H3. The van der Waals surface area contributed by atoms with E-state index >= 15 is 0 Å². The van der Waals surface area contributed by atoms with Gasteiger partial charge in [0.1, 0.15) is 0 Å². The molecular formula is C61H59BN2S. The van der Waals surface area contributed by atoms with Gasteiger partial charge in [-0.25, -0.2) is 0 Å². The van der Waals surface area contributed by atoms with Crippen LogP contribution in [0, 0.1) is 0 Å². The van der Waals surface area contributed by atoms with Crippen LogP contribution in [-0.2, 0) is 21.7 Å². The molecule has 4 heterocycles. The second kappa shape index (κ2) is 12.9. The fourth-order valence-electron chi connectivity index (χ4n) is 13.6. The minimum Gasteiger partial charge on any atom is -0.376 e. The smallest absolute Gasteiger partial charge is 0.333 e. The normalized spacial score (nSPS) is 21.0. The Bertz CT molecular complexity index is 3380. The molecule has 1 aromatic heterocycles. The summed E-state index contributed by atoms with van der Waals surface area (Å²) >= 11 is 1.94. The van der Waals surface area contributed by atoms with Crippen molar-refractivity contribution < 1.29 is 0 Å². The van der Waals surface area contributed by atoms with Gasteiger partial charge >= 0.3 is 6.85 Å². The molecule has 1 fully saturated rings. The van der Waals surface area contributed by atoms with Gasteiger partial charge in [-0.2, -0.15) is 0 Å². The van der Waals surface area contributed by atoms with Gasteiger partial charge in [-0.05, 0) is 128 Å². The molecule has 8 aromatic rings. The van der Waals surface area contributed by atoms with E-state index < -0.39 is 0 Å². The van der Waals surface area contributed by atoms with Crippen molar-refractivity contribution in [2.45, 2.75) is 122 Å². The first kappa shape index (κ1) is 39.8. The van der Waals surface area contributed by atoms with Gasteiger partial charge in [-0.3, -0.25) is 0 Å². The number of hydrogen-bond acceptors (Lipinski definition) is 3. The summed E-state index contributed by atoms with van der Waals surface area (Å²) in [7, 11) is 0. The van der Waals surface area contributed by atoms with E-state index in [-0.39, 0.29) is 34.0 Å². The van der Waals surface area contributed by atoms with Crippen LogP contribution in [0.25, 0.3) is 53.6 Å². The van der Waals surface area contributed by atoms with Crippen LogP contribution in [0.4, 0.5) is 22.7 Å². The first-order valence-electron chi connectivity index (χ1n) is 24.3. The van der Waals surface area contributed by atoms with Crippen LogP contribution in [0.2, 0.25) is 0 Å².